The van der Waals surface area contributed by atoms with Crippen molar-refractivity contribution in [2.75, 3.05) is 5.32 Å². The van der Waals surface area contributed by atoms with E-state index in [-0.39, 0.29) is 11.4 Å². The van der Waals surface area contributed by atoms with Gasteiger partial charge in [-0.05, 0) is 30.7 Å². The van der Waals surface area contributed by atoms with Crippen LogP contribution in [-0.4, -0.2) is 10.8 Å². The van der Waals surface area contributed by atoms with Crippen LogP contribution in [0.25, 0.3) is 4.85 Å². The largest absolute Gasteiger partial charge is 0.508 e. The fourth-order valence-corrected chi connectivity index (χ4v) is 1.59. The number of aromatic hydroxyl groups is 1. The quantitative estimate of drug-likeness (QED) is 0.553. The molecule has 1 aromatic carbocycles. The minimum atomic E-state index is -0.378. The molecule has 2 N–H and O–H groups in total. The first kappa shape index (κ1) is 8.89. The Morgan fingerprint density at radius 1 is 1.29 bits per heavy atom. The van der Waals surface area contributed by atoms with Gasteiger partial charge in [-0.25, -0.2) is 6.57 Å². The van der Waals surface area contributed by atoms with Crippen LogP contribution < -0.4 is 5.32 Å². The summed E-state index contributed by atoms with van der Waals surface area (Å²) >= 11 is 0. The summed E-state index contributed by atoms with van der Waals surface area (Å²) in [6, 6.07) is 6.83. The monoisotopic (exact) mass is 188 g/mol. The summed E-state index contributed by atoms with van der Waals surface area (Å²) in [7, 11) is 0. The van der Waals surface area contributed by atoms with Crippen molar-refractivity contribution in [2.45, 2.75) is 24.9 Å². The maximum atomic E-state index is 9.10. The maximum absolute atomic E-state index is 9.10. The molecule has 0 amide bonds. The molecule has 1 aromatic rings. The number of hydrogen-bond donors (Lipinski definition) is 2. The van der Waals surface area contributed by atoms with Crippen molar-refractivity contribution in [2.24, 2.45) is 0 Å². The Kier molecular flexibility index (Phi) is 2.05. The SMILES string of the molecule is [C-]#[N+]C1(Nc2ccc(O)cc2)CCC1. The van der Waals surface area contributed by atoms with Crippen molar-refractivity contribution in [3.8, 4) is 5.75 Å². The number of nitrogens with zero attached hydrogens (tertiary/aromatic N) is 1. The summed E-state index contributed by atoms with van der Waals surface area (Å²) in [4.78, 5) is 3.62. The van der Waals surface area contributed by atoms with Crippen LogP contribution in [0.2, 0.25) is 0 Å². The van der Waals surface area contributed by atoms with Crippen LogP contribution in [0, 0.1) is 6.57 Å². The number of phenols is 1. The molecule has 72 valence electrons. The fourth-order valence-electron chi connectivity index (χ4n) is 1.59. The second kappa shape index (κ2) is 3.22. The van der Waals surface area contributed by atoms with E-state index in [9.17, 15) is 0 Å². The van der Waals surface area contributed by atoms with Gasteiger partial charge < -0.3 is 10.4 Å². The van der Waals surface area contributed by atoms with E-state index in [4.69, 9.17) is 11.7 Å². The third kappa shape index (κ3) is 1.51. The highest BCUT2D eigenvalue weighted by atomic mass is 16.3. The van der Waals surface area contributed by atoms with Gasteiger partial charge in [0.1, 0.15) is 5.75 Å². The molecule has 0 saturated heterocycles. The first-order valence-electron chi connectivity index (χ1n) is 4.70. The van der Waals surface area contributed by atoms with Gasteiger partial charge in [0.25, 0.3) is 0 Å². The Labute approximate surface area is 83.2 Å². The molecule has 1 fully saturated rings. The number of benzene rings is 1. The van der Waals surface area contributed by atoms with Gasteiger partial charge in [0.05, 0.1) is 0 Å². The van der Waals surface area contributed by atoms with E-state index in [1.165, 1.54) is 0 Å². The summed E-state index contributed by atoms with van der Waals surface area (Å²) < 4.78 is 0. The minimum Gasteiger partial charge on any atom is -0.508 e. The van der Waals surface area contributed by atoms with E-state index in [0.29, 0.717) is 0 Å². The molecule has 2 rings (SSSR count). The lowest BCUT2D eigenvalue weighted by Crippen LogP contribution is -2.41. The molecule has 0 radical (unpaired) electrons. The summed E-state index contributed by atoms with van der Waals surface area (Å²) in [5.74, 6) is 0.251. The molecule has 3 heteroatoms. The van der Waals surface area contributed by atoms with Crippen LogP contribution in [0.5, 0.6) is 5.75 Å². The van der Waals surface area contributed by atoms with Crippen LogP contribution in [0.3, 0.4) is 0 Å². The van der Waals surface area contributed by atoms with Gasteiger partial charge in [0, 0.05) is 18.5 Å². The molecule has 1 aliphatic rings. The molecule has 0 heterocycles. The fraction of sp³-hybridized carbons (Fsp3) is 0.364. The standard InChI is InChI=1S/C11H12N2O/c1-12-11(7-2-8-11)13-9-3-5-10(14)6-4-9/h3-6,13-14H,2,7-8H2. The van der Waals surface area contributed by atoms with Gasteiger partial charge in [0.2, 0.25) is 0 Å². The molecule has 0 aliphatic heterocycles. The lowest BCUT2D eigenvalue weighted by Gasteiger charge is -2.31. The van der Waals surface area contributed by atoms with Crippen molar-refractivity contribution in [1.82, 2.24) is 0 Å². The Bertz CT molecular complexity index is 360. The van der Waals surface area contributed by atoms with Gasteiger partial charge >= 0.3 is 5.66 Å². The van der Waals surface area contributed by atoms with E-state index in [2.05, 4.69) is 10.2 Å². The molecule has 14 heavy (non-hydrogen) atoms. The molecule has 0 bridgehead atoms. The first-order chi connectivity index (χ1) is 6.74. The van der Waals surface area contributed by atoms with Crippen LogP contribution in [0.4, 0.5) is 5.69 Å². The van der Waals surface area contributed by atoms with Crippen molar-refractivity contribution in [1.29, 1.82) is 0 Å². The van der Waals surface area contributed by atoms with Gasteiger partial charge in [-0.2, -0.15) is 0 Å². The Morgan fingerprint density at radius 3 is 2.36 bits per heavy atom. The highest BCUT2D eigenvalue weighted by Gasteiger charge is 2.43. The van der Waals surface area contributed by atoms with Gasteiger partial charge in [-0.15, -0.1) is 0 Å². The first-order valence-corrected chi connectivity index (χ1v) is 4.70. The molecule has 0 aromatic heterocycles. The third-order valence-electron chi connectivity index (χ3n) is 2.64. The molecule has 0 spiro atoms. The zero-order chi connectivity index (χ0) is 10.0. The van der Waals surface area contributed by atoms with Crippen LogP contribution in [0.15, 0.2) is 24.3 Å². The zero-order valence-electron chi connectivity index (χ0n) is 7.83. The van der Waals surface area contributed by atoms with Crippen LogP contribution in [-0.2, 0) is 0 Å². The van der Waals surface area contributed by atoms with E-state index in [1.54, 1.807) is 24.3 Å². The average molecular weight is 188 g/mol. The average Bonchev–Trinajstić information content (AvgIpc) is 2.15. The highest BCUT2D eigenvalue weighted by Crippen LogP contribution is 2.36. The van der Waals surface area contributed by atoms with E-state index in [1.807, 2.05) is 0 Å². The van der Waals surface area contributed by atoms with Crippen molar-refractivity contribution >= 4 is 5.69 Å². The molecule has 1 saturated carbocycles. The number of rotatable bonds is 2. The van der Waals surface area contributed by atoms with Gasteiger partial charge in [-0.1, -0.05) is 0 Å². The summed E-state index contributed by atoms with van der Waals surface area (Å²) in [5, 5.41) is 12.3. The summed E-state index contributed by atoms with van der Waals surface area (Å²) in [5.41, 5.74) is 0.523. The predicted octanol–water partition coefficient (Wildman–Crippen LogP) is 2.60. The maximum Gasteiger partial charge on any atom is 0.305 e. The second-order valence-electron chi connectivity index (χ2n) is 3.67. The lowest BCUT2D eigenvalue weighted by molar-refractivity contribution is 0.343. The molecular formula is C11H12N2O. The Balaban J connectivity index is 2.11. The zero-order valence-corrected chi connectivity index (χ0v) is 7.83. The molecular weight excluding hydrogens is 176 g/mol. The summed E-state index contributed by atoms with van der Waals surface area (Å²) in [6.07, 6.45) is 2.95. The lowest BCUT2D eigenvalue weighted by atomic mass is 9.85. The molecule has 0 atom stereocenters. The number of nitrogens with one attached hydrogen (secondary N) is 1. The highest BCUT2D eigenvalue weighted by molar-refractivity contribution is 5.49. The van der Waals surface area contributed by atoms with E-state index in [0.717, 1.165) is 24.9 Å². The molecule has 0 unspecified atom stereocenters. The van der Waals surface area contributed by atoms with E-state index < -0.39 is 0 Å². The molecule has 3 nitrogen and oxygen atoms in total. The van der Waals surface area contributed by atoms with Crippen LogP contribution in [0.1, 0.15) is 19.3 Å². The predicted molar refractivity (Wildman–Crippen MR) is 54.9 cm³/mol. The number of phenolic OH excluding ortho intramolecular Hbond substituents is 1. The van der Waals surface area contributed by atoms with Crippen molar-refractivity contribution in [3.63, 3.8) is 0 Å². The number of anilines is 1. The third-order valence-corrected chi connectivity index (χ3v) is 2.64. The van der Waals surface area contributed by atoms with E-state index >= 15 is 0 Å². The topological polar surface area (TPSA) is 36.6 Å². The van der Waals surface area contributed by atoms with Crippen molar-refractivity contribution in [3.05, 3.63) is 35.7 Å². The Morgan fingerprint density at radius 2 is 1.93 bits per heavy atom. The van der Waals surface area contributed by atoms with Crippen LogP contribution >= 0.6 is 0 Å². The van der Waals surface area contributed by atoms with Crippen molar-refractivity contribution < 1.29 is 5.11 Å². The van der Waals surface area contributed by atoms with Gasteiger partial charge in [0.15, 0.2) is 0 Å². The summed E-state index contributed by atoms with van der Waals surface area (Å²) in [6.45, 7) is 7.11. The Hall–Kier alpha value is -1.69. The molecule has 1 aliphatic carbocycles. The van der Waals surface area contributed by atoms with Gasteiger partial charge in [-0.3, -0.25) is 4.85 Å². The minimum absolute atomic E-state index is 0.251. The smallest absolute Gasteiger partial charge is 0.305 e. The number of hydrogen-bond acceptors (Lipinski definition) is 2. The normalized spacial score (nSPS) is 17.9. The second-order valence-corrected chi connectivity index (χ2v) is 3.67.